The molecule has 5 rings (SSSR count). The lowest BCUT2D eigenvalue weighted by molar-refractivity contribution is 0.476. The Morgan fingerprint density at radius 2 is 1.69 bits per heavy atom. The number of aromatic nitrogens is 4. The Morgan fingerprint density at radius 1 is 1.00 bits per heavy atom. The summed E-state index contributed by atoms with van der Waals surface area (Å²) in [4.78, 5) is 9.71. The molecule has 3 heterocycles. The van der Waals surface area contributed by atoms with Gasteiger partial charge in [0.15, 0.2) is 0 Å². The van der Waals surface area contributed by atoms with Gasteiger partial charge in [-0.25, -0.2) is 4.98 Å². The van der Waals surface area contributed by atoms with Crippen LogP contribution in [-0.2, 0) is 0 Å². The molecule has 8 nitrogen and oxygen atoms in total. The van der Waals surface area contributed by atoms with Gasteiger partial charge in [-0.05, 0) is 70.0 Å². The van der Waals surface area contributed by atoms with Crippen molar-refractivity contribution < 1.29 is 16.4 Å². The van der Waals surface area contributed by atoms with Crippen LogP contribution >= 0.6 is 10.6 Å². The SMILES string of the molecule is Cc1ncc(-c2ccc(S(O)(O)C(C)C)cc2)nc1-c1nnc(-c2ccc(C3CCCN3)cc2)o1.[HH].[HH]. The van der Waals surface area contributed by atoms with Crippen LogP contribution in [-0.4, -0.2) is 41.1 Å². The molecule has 0 saturated carbocycles. The van der Waals surface area contributed by atoms with E-state index >= 15 is 0 Å². The first kappa shape index (κ1) is 23.6. The normalized spacial score (nSPS) is 16.7. The molecule has 2 aromatic heterocycles. The molecular weight excluding hydrogens is 462 g/mol. The zero-order chi connectivity index (χ0) is 24.6. The van der Waals surface area contributed by atoms with Gasteiger partial charge in [0.2, 0.25) is 5.89 Å². The van der Waals surface area contributed by atoms with E-state index in [0.29, 0.717) is 39.8 Å². The van der Waals surface area contributed by atoms with Gasteiger partial charge in [-0.2, -0.15) is 10.6 Å². The lowest BCUT2D eigenvalue weighted by atomic mass is 10.0. The quantitative estimate of drug-likeness (QED) is 0.274. The molecule has 1 fully saturated rings. The first-order chi connectivity index (χ1) is 16.8. The summed E-state index contributed by atoms with van der Waals surface area (Å²) in [5, 5.41) is 11.7. The third kappa shape index (κ3) is 4.72. The van der Waals surface area contributed by atoms with Crippen molar-refractivity contribution in [2.75, 3.05) is 6.54 Å². The van der Waals surface area contributed by atoms with Crippen LogP contribution in [0.15, 0.2) is 64.0 Å². The van der Waals surface area contributed by atoms with E-state index in [1.54, 1.807) is 32.2 Å². The number of aryl methyl sites for hydroxylation is 1. The Bertz CT molecular complexity index is 1330. The lowest BCUT2D eigenvalue weighted by Gasteiger charge is -2.36. The summed E-state index contributed by atoms with van der Waals surface area (Å²) in [5.41, 5.74) is 4.75. The molecule has 0 radical (unpaired) electrons. The largest absolute Gasteiger partial charge is 0.415 e. The Hall–Kier alpha value is -3.11. The van der Waals surface area contributed by atoms with Crippen LogP contribution in [0.1, 0.15) is 46.8 Å². The van der Waals surface area contributed by atoms with Gasteiger partial charge in [0, 0.05) is 25.3 Å². The van der Waals surface area contributed by atoms with Gasteiger partial charge in [0.05, 0.1) is 22.5 Å². The van der Waals surface area contributed by atoms with Gasteiger partial charge < -0.3 is 9.73 Å². The zero-order valence-electron chi connectivity index (χ0n) is 20.0. The maximum absolute atomic E-state index is 10.4. The number of nitrogens with zero attached hydrogens (tertiary/aromatic N) is 4. The molecule has 0 bridgehead atoms. The van der Waals surface area contributed by atoms with Gasteiger partial charge in [0.25, 0.3) is 5.89 Å². The van der Waals surface area contributed by atoms with E-state index in [0.717, 1.165) is 24.1 Å². The fourth-order valence-electron chi connectivity index (χ4n) is 4.15. The number of hydrogen-bond donors (Lipinski definition) is 3. The highest BCUT2D eigenvalue weighted by Gasteiger charge is 2.21. The van der Waals surface area contributed by atoms with Crippen LogP contribution < -0.4 is 5.32 Å². The van der Waals surface area contributed by atoms with Crippen molar-refractivity contribution in [3.8, 4) is 34.3 Å². The van der Waals surface area contributed by atoms with E-state index in [2.05, 4.69) is 32.6 Å². The highest BCUT2D eigenvalue weighted by atomic mass is 32.3. The van der Waals surface area contributed by atoms with Crippen molar-refractivity contribution in [1.29, 1.82) is 0 Å². The summed E-state index contributed by atoms with van der Waals surface area (Å²) in [7, 11) is -2.84. The molecular formula is C26H33N5O3S. The fourth-order valence-corrected chi connectivity index (χ4v) is 5.23. The maximum Gasteiger partial charge on any atom is 0.268 e. The van der Waals surface area contributed by atoms with E-state index in [1.807, 2.05) is 31.2 Å². The molecule has 0 spiro atoms. The molecule has 1 saturated heterocycles. The molecule has 9 heteroatoms. The van der Waals surface area contributed by atoms with Gasteiger partial charge in [0.1, 0.15) is 5.69 Å². The molecule has 1 aliphatic rings. The van der Waals surface area contributed by atoms with Gasteiger partial charge in [-0.3, -0.25) is 14.1 Å². The Labute approximate surface area is 209 Å². The topological polar surface area (TPSA) is 117 Å². The van der Waals surface area contributed by atoms with Crippen molar-refractivity contribution in [1.82, 2.24) is 25.5 Å². The van der Waals surface area contributed by atoms with Gasteiger partial charge in [-0.1, -0.05) is 24.3 Å². The third-order valence-electron chi connectivity index (χ3n) is 6.36. The Kier molecular flexibility index (Phi) is 6.41. The summed E-state index contributed by atoms with van der Waals surface area (Å²) in [6, 6.07) is 15.7. The van der Waals surface area contributed by atoms with Crippen LogP contribution in [0, 0.1) is 6.92 Å². The zero-order valence-corrected chi connectivity index (χ0v) is 20.8. The smallest absolute Gasteiger partial charge is 0.268 e. The minimum atomic E-state index is -2.84. The van der Waals surface area contributed by atoms with Crippen LogP contribution in [0.4, 0.5) is 0 Å². The first-order valence-electron chi connectivity index (χ1n) is 11.7. The highest BCUT2D eigenvalue weighted by molar-refractivity contribution is 8.24. The standard InChI is InChI=1S/C26H29N5O3S.2H2/c1-16(2)35(32,33)21-12-10-19(11-13-21)23-15-28-17(3)24(29-23)26-31-30-25(34-26)20-8-6-18(7-9-20)22-5-4-14-27-22;;/h6-13,15-16,22,27,32-33H,4-5,14H2,1-3H3;2*1H. The molecule has 3 N–H and O–H groups in total. The van der Waals surface area contributed by atoms with Gasteiger partial charge in [-0.15, -0.1) is 10.2 Å². The van der Waals surface area contributed by atoms with E-state index in [4.69, 9.17) is 9.40 Å². The summed E-state index contributed by atoms with van der Waals surface area (Å²) < 4.78 is 26.8. The predicted octanol–water partition coefficient (Wildman–Crippen LogP) is 6.60. The summed E-state index contributed by atoms with van der Waals surface area (Å²) >= 11 is 0. The van der Waals surface area contributed by atoms with E-state index in [-0.39, 0.29) is 8.10 Å². The maximum atomic E-state index is 10.4. The highest BCUT2D eigenvalue weighted by Crippen LogP contribution is 2.52. The molecule has 1 aliphatic heterocycles. The van der Waals surface area contributed by atoms with Crippen molar-refractivity contribution in [3.05, 3.63) is 66.0 Å². The second kappa shape index (κ2) is 9.50. The monoisotopic (exact) mass is 495 g/mol. The van der Waals surface area contributed by atoms with Crippen LogP contribution in [0.5, 0.6) is 0 Å². The van der Waals surface area contributed by atoms with Crippen LogP contribution in [0.3, 0.4) is 0 Å². The Morgan fingerprint density at radius 3 is 2.34 bits per heavy atom. The average Bonchev–Trinajstić information content (AvgIpc) is 3.57. The number of hydrogen-bond acceptors (Lipinski definition) is 8. The fraction of sp³-hybridized carbons (Fsp3) is 0.308. The molecule has 35 heavy (non-hydrogen) atoms. The van der Waals surface area contributed by atoms with Crippen molar-refractivity contribution in [3.63, 3.8) is 0 Å². The molecule has 2 aromatic carbocycles. The number of rotatable bonds is 6. The molecule has 0 amide bonds. The summed E-state index contributed by atoms with van der Waals surface area (Å²) in [6.07, 6.45) is 4.04. The van der Waals surface area contributed by atoms with Crippen LogP contribution in [0.2, 0.25) is 0 Å². The minimum Gasteiger partial charge on any atom is -0.415 e. The van der Waals surface area contributed by atoms with Gasteiger partial charge >= 0.3 is 0 Å². The minimum absolute atomic E-state index is 0. The first-order valence-corrected chi connectivity index (χ1v) is 13.3. The predicted molar refractivity (Wildman–Crippen MR) is 141 cm³/mol. The summed E-state index contributed by atoms with van der Waals surface area (Å²) in [6.45, 7) is 6.49. The number of benzene rings is 2. The van der Waals surface area contributed by atoms with Crippen LogP contribution in [0.25, 0.3) is 34.3 Å². The second-order valence-electron chi connectivity index (χ2n) is 9.04. The second-order valence-corrected chi connectivity index (χ2v) is 11.6. The van der Waals surface area contributed by atoms with E-state index in [1.165, 1.54) is 12.0 Å². The molecule has 4 aromatic rings. The van der Waals surface area contributed by atoms with Crippen molar-refractivity contribution in [2.45, 2.75) is 49.8 Å². The average molecular weight is 496 g/mol. The third-order valence-corrected chi connectivity index (χ3v) is 8.64. The number of nitrogens with one attached hydrogen (secondary N) is 1. The summed E-state index contributed by atoms with van der Waals surface area (Å²) in [5.74, 6) is 0.736. The lowest BCUT2D eigenvalue weighted by Crippen LogP contribution is -2.12. The molecule has 1 unspecified atom stereocenters. The molecule has 186 valence electrons. The molecule has 1 atom stereocenters. The van der Waals surface area contributed by atoms with Crippen molar-refractivity contribution >= 4 is 10.6 Å². The Balaban J connectivity index is 0.00000190. The van der Waals surface area contributed by atoms with Crippen molar-refractivity contribution in [2.24, 2.45) is 0 Å². The van der Waals surface area contributed by atoms with E-state index < -0.39 is 10.6 Å². The molecule has 0 aliphatic carbocycles. The van der Waals surface area contributed by atoms with E-state index in [9.17, 15) is 9.11 Å².